The molecule has 0 aliphatic carbocycles. The van der Waals surface area contributed by atoms with Gasteiger partial charge in [0, 0.05) is 10.4 Å². The minimum atomic E-state index is -5.17. The van der Waals surface area contributed by atoms with Crippen LogP contribution in [-0.4, -0.2) is 55.3 Å². The molecule has 42 valence electrons. The van der Waals surface area contributed by atoms with Gasteiger partial charge in [0.05, 0.1) is 0 Å². The van der Waals surface area contributed by atoms with Gasteiger partial charge in [-0.1, -0.05) is 0 Å². The molecular weight excluding hydrogens is 200 g/mol. The minimum absolute atomic E-state index is 0. The van der Waals surface area contributed by atoms with Crippen molar-refractivity contribution in [2.24, 2.45) is 0 Å². The molecular formula is CaO5STi. The fourth-order valence-electron chi connectivity index (χ4n) is 0. The first kappa shape index (κ1) is 16.3. The van der Waals surface area contributed by atoms with E-state index in [9.17, 15) is 0 Å². The summed E-state index contributed by atoms with van der Waals surface area (Å²) in [7, 11) is -5.17. The molecule has 0 aliphatic heterocycles. The van der Waals surface area contributed by atoms with Crippen LogP contribution in [0.5, 0.6) is 0 Å². The van der Waals surface area contributed by atoms with E-state index in [0.717, 1.165) is 20.4 Å². The first-order chi connectivity index (χ1) is 3.00. The fourth-order valence-corrected chi connectivity index (χ4v) is 0. The van der Waals surface area contributed by atoms with Gasteiger partial charge in [-0.15, -0.1) is 0 Å². The Morgan fingerprint density at radius 3 is 1.12 bits per heavy atom. The van der Waals surface area contributed by atoms with E-state index in [-0.39, 0.29) is 37.7 Å². The molecule has 0 aromatic carbocycles. The van der Waals surface area contributed by atoms with Crippen molar-refractivity contribution in [3.05, 3.63) is 0 Å². The maximum absolute atomic E-state index is 8.52. The van der Waals surface area contributed by atoms with Crippen LogP contribution in [0.4, 0.5) is 0 Å². The second kappa shape index (κ2) is 8.64. The van der Waals surface area contributed by atoms with Gasteiger partial charge < -0.3 is 9.11 Å². The molecule has 0 heterocycles. The Kier molecular flexibility index (Phi) is 17.6. The Balaban J connectivity index is -0.0000000750. The topological polar surface area (TPSA) is 97.3 Å². The zero-order valence-corrected chi connectivity index (χ0v) is 8.24. The van der Waals surface area contributed by atoms with E-state index >= 15 is 0 Å². The Hall–Kier alpha value is 1.64. The Bertz CT molecular complexity index is 106. The van der Waals surface area contributed by atoms with E-state index in [4.69, 9.17) is 20.8 Å². The van der Waals surface area contributed by atoms with Crippen LogP contribution in [0.1, 0.15) is 0 Å². The summed E-state index contributed by atoms with van der Waals surface area (Å²) in [6.45, 7) is 0. The van der Waals surface area contributed by atoms with Crippen LogP contribution >= 0.6 is 0 Å². The van der Waals surface area contributed by atoms with Crippen molar-refractivity contribution < 1.29 is 41.3 Å². The Morgan fingerprint density at radius 1 is 1.12 bits per heavy atom. The molecule has 0 unspecified atom stereocenters. The summed E-state index contributed by atoms with van der Waals surface area (Å²) < 4.78 is 42.3. The molecule has 0 saturated carbocycles. The van der Waals surface area contributed by atoms with E-state index in [0.29, 0.717) is 0 Å². The third-order valence-corrected chi connectivity index (χ3v) is 0. The van der Waals surface area contributed by atoms with Crippen LogP contribution in [0.3, 0.4) is 0 Å². The van der Waals surface area contributed by atoms with Gasteiger partial charge in [0.1, 0.15) is 0 Å². The number of hydrogen-bond acceptors (Lipinski definition) is 5. The van der Waals surface area contributed by atoms with Gasteiger partial charge in [0.25, 0.3) is 0 Å². The van der Waals surface area contributed by atoms with Gasteiger partial charge in [-0.2, -0.15) is 0 Å². The molecule has 0 fully saturated rings. The Labute approximate surface area is 88.1 Å². The van der Waals surface area contributed by atoms with Gasteiger partial charge in [-0.25, -0.2) is 0 Å². The van der Waals surface area contributed by atoms with E-state index in [1.165, 1.54) is 0 Å². The second-order valence-corrected chi connectivity index (χ2v) is 1.22. The standard InChI is InChI=1S/Ca.H2O4S.O.Ti/c;1-5(2,3)4;;/h;(H2,1,2,3,4);;/q+2;;;/p-2. The van der Waals surface area contributed by atoms with Crippen molar-refractivity contribution in [3.63, 3.8) is 0 Å². The first-order valence-corrected chi connectivity index (χ1v) is 2.84. The van der Waals surface area contributed by atoms with Crippen LogP contribution in [-0.2, 0) is 34.1 Å². The van der Waals surface area contributed by atoms with E-state index in [2.05, 4.69) is 0 Å². The summed E-state index contributed by atoms with van der Waals surface area (Å²) in [6, 6.07) is 0. The van der Waals surface area contributed by atoms with Crippen molar-refractivity contribution in [2.45, 2.75) is 0 Å². The van der Waals surface area contributed by atoms with E-state index in [1.54, 1.807) is 0 Å². The average molecular weight is 200 g/mol. The molecule has 0 atom stereocenters. The van der Waals surface area contributed by atoms with Crippen LogP contribution < -0.4 is 0 Å². The van der Waals surface area contributed by atoms with Crippen molar-refractivity contribution in [2.75, 3.05) is 0 Å². The molecule has 0 radical (unpaired) electrons. The second-order valence-electron chi connectivity index (χ2n) is 0.408. The molecule has 0 spiro atoms. The third kappa shape index (κ3) is 125. The van der Waals surface area contributed by atoms with Gasteiger partial charge >= 0.3 is 61.5 Å². The third-order valence-electron chi connectivity index (χ3n) is 0. The van der Waals surface area contributed by atoms with E-state index < -0.39 is 10.4 Å². The van der Waals surface area contributed by atoms with Gasteiger partial charge in [0.15, 0.2) is 0 Å². The zero-order valence-electron chi connectivity index (χ0n) is 3.66. The summed E-state index contributed by atoms with van der Waals surface area (Å²) in [5.74, 6) is 0. The van der Waals surface area contributed by atoms with Crippen molar-refractivity contribution in [3.8, 4) is 0 Å². The predicted octanol–water partition coefficient (Wildman–Crippen LogP) is -1.84. The predicted molar refractivity (Wildman–Crippen MR) is 16.9 cm³/mol. The summed E-state index contributed by atoms with van der Waals surface area (Å²) in [5, 5.41) is 0. The molecule has 0 aliphatic rings. The molecule has 0 saturated heterocycles. The Morgan fingerprint density at radius 2 is 1.12 bits per heavy atom. The molecule has 8 heteroatoms. The van der Waals surface area contributed by atoms with Gasteiger partial charge in [0.2, 0.25) is 0 Å². The molecule has 0 N–H and O–H groups in total. The van der Waals surface area contributed by atoms with E-state index in [1.807, 2.05) is 0 Å². The molecule has 8 heavy (non-hydrogen) atoms. The van der Waals surface area contributed by atoms with Crippen LogP contribution in [0.15, 0.2) is 0 Å². The van der Waals surface area contributed by atoms with Gasteiger partial charge in [-0.3, -0.25) is 8.42 Å². The number of hydrogen-bond donors (Lipinski definition) is 0. The molecule has 0 rings (SSSR count). The average Bonchev–Trinajstić information content (AvgIpc) is 1.36. The number of rotatable bonds is 0. The van der Waals surface area contributed by atoms with Crippen molar-refractivity contribution in [1.82, 2.24) is 0 Å². The normalized spacial score (nSPS) is 7.62. The first-order valence-electron chi connectivity index (χ1n) is 0.871. The molecule has 0 aromatic rings. The van der Waals surface area contributed by atoms with Gasteiger partial charge in [-0.05, 0) is 0 Å². The molecule has 0 bridgehead atoms. The van der Waals surface area contributed by atoms with Crippen molar-refractivity contribution in [1.29, 1.82) is 0 Å². The molecule has 0 amide bonds. The summed E-state index contributed by atoms with van der Waals surface area (Å²) in [6.07, 6.45) is 0. The summed E-state index contributed by atoms with van der Waals surface area (Å²) in [4.78, 5) is 0. The molecule has 0 aromatic heterocycles. The fraction of sp³-hybridized carbons (Fsp3) is 0. The van der Waals surface area contributed by atoms with Crippen LogP contribution in [0.25, 0.3) is 0 Å². The van der Waals surface area contributed by atoms with Crippen molar-refractivity contribution >= 4 is 48.1 Å². The summed E-state index contributed by atoms with van der Waals surface area (Å²) >= 11 is 0.750. The quantitative estimate of drug-likeness (QED) is 0.260. The SMILES string of the molecule is O=S(=O)([O-])[O-].[Ca+2].[O]=[Ti]. The zero-order chi connectivity index (χ0) is 6.50. The summed E-state index contributed by atoms with van der Waals surface area (Å²) in [5.41, 5.74) is 0. The van der Waals surface area contributed by atoms with Crippen LogP contribution in [0, 0.1) is 0 Å². The monoisotopic (exact) mass is 200 g/mol. The molecule has 5 nitrogen and oxygen atoms in total. The maximum atomic E-state index is 8.52. The van der Waals surface area contributed by atoms with Crippen LogP contribution in [0.2, 0.25) is 0 Å².